The van der Waals surface area contributed by atoms with E-state index in [-0.39, 0.29) is 30.5 Å². The van der Waals surface area contributed by atoms with E-state index < -0.39 is 10.0 Å². The van der Waals surface area contributed by atoms with Gasteiger partial charge in [-0.2, -0.15) is 4.31 Å². The Morgan fingerprint density at radius 3 is 2.55 bits per heavy atom. The van der Waals surface area contributed by atoms with Gasteiger partial charge in [-0.3, -0.25) is 4.79 Å². The fourth-order valence-corrected chi connectivity index (χ4v) is 5.21. The van der Waals surface area contributed by atoms with Gasteiger partial charge in [0.1, 0.15) is 12.4 Å². The van der Waals surface area contributed by atoms with Gasteiger partial charge in [-0.1, -0.05) is 48.5 Å². The minimum atomic E-state index is -3.69. The van der Waals surface area contributed by atoms with Gasteiger partial charge in [-0.25, -0.2) is 8.42 Å². The molecule has 0 spiro atoms. The highest BCUT2D eigenvalue weighted by Crippen LogP contribution is 2.28. The van der Waals surface area contributed by atoms with Gasteiger partial charge in [0.2, 0.25) is 10.0 Å². The molecular weight excluding hydrogens is 412 g/mol. The summed E-state index contributed by atoms with van der Waals surface area (Å²) < 4.78 is 33.7. The van der Waals surface area contributed by atoms with E-state index in [1.807, 2.05) is 36.4 Å². The van der Waals surface area contributed by atoms with Crippen molar-refractivity contribution in [1.82, 2.24) is 9.62 Å². The molecule has 0 saturated heterocycles. The number of ether oxygens (including phenoxy) is 1. The summed E-state index contributed by atoms with van der Waals surface area (Å²) >= 11 is 0. The average Bonchev–Trinajstić information content (AvgIpc) is 3.01. The predicted octanol–water partition coefficient (Wildman–Crippen LogP) is 3.51. The number of hydrogen-bond acceptors (Lipinski definition) is 4. The lowest BCUT2D eigenvalue weighted by molar-refractivity contribution is 0.0950. The zero-order chi connectivity index (χ0) is 21.8. The molecule has 1 aliphatic rings. The summed E-state index contributed by atoms with van der Waals surface area (Å²) in [6, 6.07) is 21.7. The number of carbonyl (C=O) groups is 1. The molecule has 0 aromatic heterocycles. The second kappa shape index (κ2) is 8.91. The van der Waals surface area contributed by atoms with Crippen LogP contribution < -0.4 is 10.1 Å². The first kappa shape index (κ1) is 21.1. The highest BCUT2D eigenvalue weighted by atomic mass is 32.2. The van der Waals surface area contributed by atoms with Crippen LogP contribution in [0.25, 0.3) is 0 Å². The number of amides is 1. The molecule has 1 amide bonds. The molecule has 6 nitrogen and oxygen atoms in total. The van der Waals surface area contributed by atoms with Gasteiger partial charge < -0.3 is 10.1 Å². The maximum atomic E-state index is 13.2. The summed E-state index contributed by atoms with van der Waals surface area (Å²) in [4.78, 5) is 12.9. The van der Waals surface area contributed by atoms with Crippen molar-refractivity contribution < 1.29 is 17.9 Å². The molecule has 0 saturated carbocycles. The Balaban J connectivity index is 1.55. The topological polar surface area (TPSA) is 75.7 Å². The summed E-state index contributed by atoms with van der Waals surface area (Å²) in [6.07, 6.45) is 0. The maximum Gasteiger partial charge on any atom is 0.251 e. The van der Waals surface area contributed by atoms with Crippen LogP contribution in [0, 0.1) is 6.92 Å². The van der Waals surface area contributed by atoms with E-state index in [2.05, 4.69) is 5.32 Å². The Bertz CT molecular complexity index is 1190. The van der Waals surface area contributed by atoms with E-state index in [0.717, 1.165) is 5.56 Å². The summed E-state index contributed by atoms with van der Waals surface area (Å²) in [5.41, 5.74) is 2.84. The molecular formula is C24H24N2O4S. The second-order valence-corrected chi connectivity index (χ2v) is 9.35. The largest absolute Gasteiger partial charge is 0.492 e. The summed E-state index contributed by atoms with van der Waals surface area (Å²) in [6.45, 7) is 2.83. The van der Waals surface area contributed by atoms with Crippen LogP contribution in [0.2, 0.25) is 0 Å². The smallest absolute Gasteiger partial charge is 0.251 e. The monoisotopic (exact) mass is 436 g/mol. The molecule has 7 heteroatoms. The first-order valence-electron chi connectivity index (χ1n) is 10.1. The van der Waals surface area contributed by atoms with Crippen LogP contribution in [0.1, 0.15) is 27.0 Å². The van der Waals surface area contributed by atoms with E-state index in [1.54, 1.807) is 43.3 Å². The van der Waals surface area contributed by atoms with Crippen LogP contribution in [0.3, 0.4) is 0 Å². The first-order chi connectivity index (χ1) is 14.9. The van der Waals surface area contributed by atoms with Crippen molar-refractivity contribution in [2.24, 2.45) is 0 Å². The van der Waals surface area contributed by atoms with Gasteiger partial charge in [0, 0.05) is 30.8 Å². The zero-order valence-corrected chi connectivity index (χ0v) is 18.1. The van der Waals surface area contributed by atoms with Gasteiger partial charge in [0.25, 0.3) is 5.91 Å². The van der Waals surface area contributed by atoms with Gasteiger partial charge >= 0.3 is 0 Å². The third-order valence-corrected chi connectivity index (χ3v) is 7.28. The minimum absolute atomic E-state index is 0.145. The van der Waals surface area contributed by atoms with Crippen molar-refractivity contribution in [3.63, 3.8) is 0 Å². The number of sulfonamides is 1. The lowest BCUT2D eigenvalue weighted by Gasteiger charge is -2.20. The van der Waals surface area contributed by atoms with Crippen LogP contribution in [0.15, 0.2) is 77.7 Å². The standard InChI is InChI=1S/C24H24N2O4S/c1-18-7-5-6-10-23(18)31(28,29)26-13-14-30-22-12-11-20(15-21(22)17-26)24(27)25-16-19-8-3-2-4-9-19/h2-12,15H,13-14,16-17H2,1H3,(H,25,27). The van der Waals surface area contributed by atoms with Crippen LogP contribution in [0.4, 0.5) is 0 Å². The third kappa shape index (κ3) is 4.62. The van der Waals surface area contributed by atoms with E-state index in [9.17, 15) is 13.2 Å². The summed E-state index contributed by atoms with van der Waals surface area (Å²) in [5.74, 6) is 0.381. The first-order valence-corrected chi connectivity index (χ1v) is 11.5. The molecule has 3 aromatic carbocycles. The number of hydrogen-bond donors (Lipinski definition) is 1. The van der Waals surface area contributed by atoms with E-state index >= 15 is 0 Å². The zero-order valence-electron chi connectivity index (χ0n) is 17.2. The van der Waals surface area contributed by atoms with Crippen LogP contribution >= 0.6 is 0 Å². The molecule has 0 unspecified atom stereocenters. The normalized spacial score (nSPS) is 14.2. The lowest BCUT2D eigenvalue weighted by atomic mass is 10.1. The molecule has 1 aliphatic heterocycles. The number of fused-ring (bicyclic) bond motifs is 1. The summed E-state index contributed by atoms with van der Waals surface area (Å²) in [7, 11) is -3.69. The van der Waals surface area contributed by atoms with Crippen LogP contribution in [0.5, 0.6) is 5.75 Å². The molecule has 31 heavy (non-hydrogen) atoms. The fourth-order valence-electron chi connectivity index (χ4n) is 3.58. The average molecular weight is 437 g/mol. The van der Waals surface area contributed by atoms with E-state index in [0.29, 0.717) is 29.0 Å². The molecule has 0 bridgehead atoms. The molecule has 0 atom stereocenters. The number of rotatable bonds is 5. The molecule has 160 valence electrons. The Labute approximate surface area is 182 Å². The number of carbonyl (C=O) groups excluding carboxylic acids is 1. The molecule has 0 aliphatic carbocycles. The summed E-state index contributed by atoms with van der Waals surface area (Å²) in [5, 5.41) is 2.90. The van der Waals surface area contributed by atoms with Crippen molar-refractivity contribution >= 4 is 15.9 Å². The van der Waals surface area contributed by atoms with E-state index in [1.165, 1.54) is 4.31 Å². The maximum absolute atomic E-state index is 13.2. The van der Waals surface area contributed by atoms with E-state index in [4.69, 9.17) is 4.74 Å². The van der Waals surface area contributed by atoms with Gasteiger partial charge in [-0.05, 0) is 42.3 Å². The molecule has 4 rings (SSSR count). The Hall–Kier alpha value is -3.16. The van der Waals surface area contributed by atoms with Crippen molar-refractivity contribution in [3.8, 4) is 5.75 Å². The highest BCUT2D eigenvalue weighted by molar-refractivity contribution is 7.89. The van der Waals surface area contributed by atoms with Gasteiger partial charge in [-0.15, -0.1) is 0 Å². The third-order valence-electron chi connectivity index (χ3n) is 5.27. The van der Waals surface area contributed by atoms with Crippen molar-refractivity contribution in [2.75, 3.05) is 13.2 Å². The quantitative estimate of drug-likeness (QED) is 0.664. The molecule has 1 N–H and O–H groups in total. The Kier molecular flexibility index (Phi) is 6.06. The minimum Gasteiger partial charge on any atom is -0.492 e. The second-order valence-electron chi connectivity index (χ2n) is 7.44. The Morgan fingerprint density at radius 1 is 1.03 bits per heavy atom. The number of nitrogens with zero attached hydrogens (tertiary/aromatic N) is 1. The molecule has 0 radical (unpaired) electrons. The fraction of sp³-hybridized carbons (Fsp3) is 0.208. The molecule has 0 fully saturated rings. The number of benzene rings is 3. The number of nitrogens with one attached hydrogen (secondary N) is 1. The highest BCUT2D eigenvalue weighted by Gasteiger charge is 2.29. The van der Waals surface area contributed by atoms with Crippen molar-refractivity contribution in [3.05, 3.63) is 95.1 Å². The lowest BCUT2D eigenvalue weighted by Crippen LogP contribution is -2.33. The van der Waals surface area contributed by atoms with Crippen LogP contribution in [-0.2, 0) is 23.1 Å². The van der Waals surface area contributed by atoms with Crippen molar-refractivity contribution in [1.29, 1.82) is 0 Å². The molecule has 3 aromatic rings. The van der Waals surface area contributed by atoms with Crippen LogP contribution in [-0.4, -0.2) is 31.8 Å². The van der Waals surface area contributed by atoms with Gasteiger partial charge in [0.15, 0.2) is 0 Å². The van der Waals surface area contributed by atoms with Gasteiger partial charge in [0.05, 0.1) is 4.90 Å². The number of aryl methyl sites for hydroxylation is 1. The Morgan fingerprint density at radius 2 is 1.77 bits per heavy atom. The van der Waals surface area contributed by atoms with Crippen molar-refractivity contribution in [2.45, 2.75) is 24.9 Å². The predicted molar refractivity (Wildman–Crippen MR) is 118 cm³/mol. The SMILES string of the molecule is Cc1ccccc1S(=O)(=O)N1CCOc2ccc(C(=O)NCc3ccccc3)cc2C1. The molecule has 1 heterocycles.